The summed E-state index contributed by atoms with van der Waals surface area (Å²) in [7, 11) is 0. The van der Waals surface area contributed by atoms with Gasteiger partial charge in [0.05, 0.1) is 5.75 Å². The van der Waals surface area contributed by atoms with E-state index in [0.717, 1.165) is 35.8 Å². The van der Waals surface area contributed by atoms with Crippen molar-refractivity contribution in [3.63, 3.8) is 0 Å². The number of benzene rings is 1. The van der Waals surface area contributed by atoms with Crippen LogP contribution in [0.3, 0.4) is 0 Å². The summed E-state index contributed by atoms with van der Waals surface area (Å²) in [6.45, 7) is 2.12. The normalized spacial score (nSPS) is 13.6. The van der Waals surface area contributed by atoms with Gasteiger partial charge in [0.25, 0.3) is 5.91 Å². The number of nitrogens with zero attached hydrogens (tertiary/aromatic N) is 1. The molecule has 2 rings (SSSR count). The molecular weight excluding hydrogens is 380 g/mol. The van der Waals surface area contributed by atoms with Gasteiger partial charge in [0.1, 0.15) is 4.32 Å². The van der Waals surface area contributed by atoms with E-state index in [9.17, 15) is 9.59 Å². The van der Waals surface area contributed by atoms with Gasteiger partial charge in [-0.1, -0.05) is 47.7 Å². The molecule has 1 N–H and O–H groups in total. The van der Waals surface area contributed by atoms with Gasteiger partial charge in [-0.2, -0.15) is 0 Å². The SMILES string of the molecule is O=C(COC(=O)CSC(=S)N1CCCC1)NCCc1ccc(Cl)cc1. The molecule has 1 fully saturated rings. The van der Waals surface area contributed by atoms with Crippen LogP contribution in [0, 0.1) is 0 Å². The number of esters is 1. The summed E-state index contributed by atoms with van der Waals surface area (Å²) in [5, 5.41) is 3.40. The zero-order valence-electron chi connectivity index (χ0n) is 13.8. The first-order valence-corrected chi connectivity index (χ1v) is 9.90. The Morgan fingerprint density at radius 3 is 2.60 bits per heavy atom. The van der Waals surface area contributed by atoms with E-state index in [1.54, 1.807) is 0 Å². The number of carbonyl (C=O) groups excluding carboxylic acids is 2. The van der Waals surface area contributed by atoms with Crippen LogP contribution < -0.4 is 5.32 Å². The van der Waals surface area contributed by atoms with Crippen molar-refractivity contribution < 1.29 is 14.3 Å². The first-order chi connectivity index (χ1) is 12.0. The van der Waals surface area contributed by atoms with E-state index in [2.05, 4.69) is 10.2 Å². The average Bonchev–Trinajstić information content (AvgIpc) is 3.14. The van der Waals surface area contributed by atoms with Gasteiger partial charge < -0.3 is 15.0 Å². The maximum Gasteiger partial charge on any atom is 0.316 e. The molecule has 1 aliphatic rings. The number of hydrogen-bond donors (Lipinski definition) is 1. The largest absolute Gasteiger partial charge is 0.455 e. The van der Waals surface area contributed by atoms with Crippen molar-refractivity contribution in [2.75, 3.05) is 32.0 Å². The molecule has 0 atom stereocenters. The Bertz CT molecular complexity index is 604. The van der Waals surface area contributed by atoms with Gasteiger partial charge in [-0.25, -0.2) is 0 Å². The Balaban J connectivity index is 1.55. The molecule has 0 unspecified atom stereocenters. The van der Waals surface area contributed by atoms with E-state index in [1.165, 1.54) is 11.8 Å². The molecule has 0 aliphatic carbocycles. The monoisotopic (exact) mass is 400 g/mol. The molecule has 0 radical (unpaired) electrons. The van der Waals surface area contributed by atoms with E-state index < -0.39 is 5.97 Å². The second-order valence-corrected chi connectivity index (χ2v) is 7.68. The summed E-state index contributed by atoms with van der Waals surface area (Å²) in [4.78, 5) is 25.5. The predicted octanol–water partition coefficient (Wildman–Crippen LogP) is 2.66. The lowest BCUT2D eigenvalue weighted by molar-refractivity contribution is -0.145. The summed E-state index contributed by atoms with van der Waals surface area (Å²) in [6, 6.07) is 7.44. The lowest BCUT2D eigenvalue weighted by atomic mass is 10.1. The minimum absolute atomic E-state index is 0.132. The molecule has 0 bridgehead atoms. The Morgan fingerprint density at radius 1 is 1.24 bits per heavy atom. The quantitative estimate of drug-likeness (QED) is 0.561. The minimum atomic E-state index is -0.431. The Hall–Kier alpha value is -1.31. The number of thioether (sulfide) groups is 1. The van der Waals surface area contributed by atoms with E-state index in [0.29, 0.717) is 18.0 Å². The summed E-state index contributed by atoms with van der Waals surface area (Å²) in [6.07, 6.45) is 2.97. The van der Waals surface area contributed by atoms with Crippen molar-refractivity contribution in [1.82, 2.24) is 10.2 Å². The molecule has 1 aromatic carbocycles. The van der Waals surface area contributed by atoms with E-state index in [1.807, 2.05) is 24.3 Å². The van der Waals surface area contributed by atoms with E-state index in [-0.39, 0.29) is 18.3 Å². The van der Waals surface area contributed by atoms with Gasteiger partial charge in [-0.3, -0.25) is 9.59 Å². The molecule has 136 valence electrons. The summed E-state index contributed by atoms with van der Waals surface area (Å²) in [5.74, 6) is -0.609. The molecule has 0 aromatic heterocycles. The first kappa shape index (κ1) is 20.0. The van der Waals surface area contributed by atoms with Gasteiger partial charge >= 0.3 is 5.97 Å². The molecule has 1 aromatic rings. The van der Waals surface area contributed by atoms with Crippen LogP contribution >= 0.6 is 35.6 Å². The van der Waals surface area contributed by atoms with Crippen molar-refractivity contribution in [3.05, 3.63) is 34.9 Å². The number of ether oxygens (including phenoxy) is 1. The maximum atomic E-state index is 11.7. The number of thiocarbonyl (C=S) groups is 1. The van der Waals surface area contributed by atoms with Crippen LogP contribution in [0.2, 0.25) is 5.02 Å². The van der Waals surface area contributed by atoms with Crippen molar-refractivity contribution in [1.29, 1.82) is 0 Å². The van der Waals surface area contributed by atoms with Crippen molar-refractivity contribution >= 4 is 51.8 Å². The van der Waals surface area contributed by atoms with Crippen LogP contribution in [0.15, 0.2) is 24.3 Å². The second-order valence-electron chi connectivity index (χ2n) is 5.64. The second kappa shape index (κ2) is 10.6. The van der Waals surface area contributed by atoms with Crippen LogP contribution in [0.25, 0.3) is 0 Å². The van der Waals surface area contributed by atoms with Crippen LogP contribution in [-0.4, -0.2) is 53.1 Å². The minimum Gasteiger partial charge on any atom is -0.455 e. The Morgan fingerprint density at radius 2 is 1.92 bits per heavy atom. The highest BCUT2D eigenvalue weighted by atomic mass is 35.5. The number of amides is 1. The summed E-state index contributed by atoms with van der Waals surface area (Å²) >= 11 is 12.4. The van der Waals surface area contributed by atoms with E-state index >= 15 is 0 Å². The predicted molar refractivity (Wildman–Crippen MR) is 105 cm³/mol. The number of hydrogen-bond acceptors (Lipinski definition) is 5. The Labute approximate surface area is 162 Å². The third kappa shape index (κ3) is 7.63. The smallest absolute Gasteiger partial charge is 0.316 e. The third-order valence-electron chi connectivity index (χ3n) is 3.69. The highest BCUT2D eigenvalue weighted by Crippen LogP contribution is 2.16. The van der Waals surface area contributed by atoms with Crippen molar-refractivity contribution in [3.8, 4) is 0 Å². The van der Waals surface area contributed by atoms with Gasteiger partial charge in [0.2, 0.25) is 0 Å². The standard InChI is InChI=1S/C17H21ClN2O3S2/c18-14-5-3-13(4-6-14)7-8-19-15(21)11-23-16(22)12-25-17(24)20-9-1-2-10-20/h3-6H,1-2,7-12H2,(H,19,21). The Kier molecular flexibility index (Phi) is 8.51. The molecular formula is C17H21ClN2O3S2. The van der Waals surface area contributed by atoms with Gasteiger partial charge in [0, 0.05) is 24.7 Å². The van der Waals surface area contributed by atoms with Gasteiger partial charge in [-0.05, 0) is 37.0 Å². The highest BCUT2D eigenvalue weighted by molar-refractivity contribution is 8.23. The zero-order chi connectivity index (χ0) is 18.1. The molecule has 1 saturated heterocycles. The molecule has 1 aliphatic heterocycles. The van der Waals surface area contributed by atoms with E-state index in [4.69, 9.17) is 28.6 Å². The topological polar surface area (TPSA) is 58.6 Å². The number of rotatable bonds is 7. The fraction of sp³-hybridized carbons (Fsp3) is 0.471. The molecule has 1 amide bonds. The summed E-state index contributed by atoms with van der Waals surface area (Å²) in [5.41, 5.74) is 1.08. The fourth-order valence-corrected chi connectivity index (χ4v) is 3.52. The van der Waals surface area contributed by atoms with Gasteiger partial charge in [-0.15, -0.1) is 0 Å². The van der Waals surface area contributed by atoms with Crippen LogP contribution in [0.1, 0.15) is 18.4 Å². The molecule has 1 heterocycles. The third-order valence-corrected chi connectivity index (χ3v) is 5.44. The summed E-state index contributed by atoms with van der Waals surface area (Å²) < 4.78 is 5.69. The number of nitrogens with one attached hydrogen (secondary N) is 1. The fourth-order valence-electron chi connectivity index (χ4n) is 2.35. The lowest BCUT2D eigenvalue weighted by Gasteiger charge is -2.17. The number of carbonyl (C=O) groups is 2. The zero-order valence-corrected chi connectivity index (χ0v) is 16.2. The molecule has 0 spiro atoms. The van der Waals surface area contributed by atoms with Crippen LogP contribution in [0.5, 0.6) is 0 Å². The molecule has 8 heteroatoms. The van der Waals surface area contributed by atoms with Crippen molar-refractivity contribution in [2.45, 2.75) is 19.3 Å². The molecule has 5 nitrogen and oxygen atoms in total. The highest BCUT2D eigenvalue weighted by Gasteiger charge is 2.16. The van der Waals surface area contributed by atoms with Gasteiger partial charge in [0.15, 0.2) is 6.61 Å². The van der Waals surface area contributed by atoms with Crippen LogP contribution in [0.4, 0.5) is 0 Å². The average molecular weight is 401 g/mol. The molecule has 0 saturated carbocycles. The first-order valence-electron chi connectivity index (χ1n) is 8.13. The number of likely N-dealkylation sites (tertiary alicyclic amines) is 1. The number of halogens is 1. The maximum absolute atomic E-state index is 11.7. The van der Waals surface area contributed by atoms with Crippen LogP contribution in [-0.2, 0) is 20.7 Å². The lowest BCUT2D eigenvalue weighted by Crippen LogP contribution is -2.31. The van der Waals surface area contributed by atoms with Crippen molar-refractivity contribution in [2.24, 2.45) is 0 Å². The molecule has 25 heavy (non-hydrogen) atoms.